The summed E-state index contributed by atoms with van der Waals surface area (Å²) in [4.78, 5) is 27.7. The fourth-order valence-corrected chi connectivity index (χ4v) is 3.58. The summed E-state index contributed by atoms with van der Waals surface area (Å²) in [5, 5.41) is 13.2. The van der Waals surface area contributed by atoms with Gasteiger partial charge in [0.15, 0.2) is 6.10 Å². The van der Waals surface area contributed by atoms with Crippen LogP contribution >= 0.6 is 0 Å². The molecule has 2 unspecified atom stereocenters. The van der Waals surface area contributed by atoms with Gasteiger partial charge in [-0.05, 0) is 29.2 Å². The molecule has 2 atom stereocenters. The third-order valence-electron chi connectivity index (χ3n) is 4.95. The lowest BCUT2D eigenvalue weighted by Crippen LogP contribution is -2.45. The van der Waals surface area contributed by atoms with Crippen LogP contribution in [0.25, 0.3) is 10.9 Å². The van der Waals surface area contributed by atoms with Crippen LogP contribution in [0.15, 0.2) is 54.7 Å². The number of H-pyrrole nitrogens is 1. The van der Waals surface area contributed by atoms with Gasteiger partial charge in [0.1, 0.15) is 6.04 Å². The van der Waals surface area contributed by atoms with Gasteiger partial charge in [-0.3, -0.25) is 4.79 Å². The number of aromatic nitrogens is 1. The van der Waals surface area contributed by atoms with Gasteiger partial charge in [0.2, 0.25) is 0 Å². The van der Waals surface area contributed by atoms with Crippen molar-refractivity contribution < 1.29 is 19.4 Å². The largest absolute Gasteiger partial charge is 0.480 e. The van der Waals surface area contributed by atoms with E-state index in [1.165, 1.54) is 0 Å². The number of hydrogen-bond donors (Lipinski definition) is 3. The molecule has 1 amide bonds. The van der Waals surface area contributed by atoms with Gasteiger partial charge in [-0.2, -0.15) is 0 Å². The normalized spacial score (nSPS) is 17.3. The number of fused-ring (bicyclic) bond motifs is 2. The minimum Gasteiger partial charge on any atom is -0.480 e. The third-order valence-corrected chi connectivity index (χ3v) is 4.95. The predicted molar refractivity (Wildman–Crippen MR) is 100 cm³/mol. The zero-order chi connectivity index (χ0) is 18.8. The maximum absolute atomic E-state index is 12.8. The summed E-state index contributed by atoms with van der Waals surface area (Å²) < 4.78 is 5.64. The number of nitrogens with one attached hydrogen (secondary N) is 2. The van der Waals surface area contributed by atoms with Gasteiger partial charge in [-0.15, -0.1) is 0 Å². The van der Waals surface area contributed by atoms with Gasteiger partial charge in [-0.1, -0.05) is 42.5 Å². The highest BCUT2D eigenvalue weighted by Crippen LogP contribution is 2.27. The molecule has 0 saturated carbocycles. The smallest absolute Gasteiger partial charge is 0.326 e. The quantitative estimate of drug-likeness (QED) is 0.649. The number of aliphatic carboxylic acids is 1. The first-order valence-electron chi connectivity index (χ1n) is 8.91. The third kappa shape index (κ3) is 3.44. The molecule has 0 fully saturated rings. The molecule has 3 aromatic rings. The molecular weight excluding hydrogens is 344 g/mol. The summed E-state index contributed by atoms with van der Waals surface area (Å²) >= 11 is 0. The van der Waals surface area contributed by atoms with Gasteiger partial charge in [0.25, 0.3) is 5.91 Å². The van der Waals surface area contributed by atoms with E-state index in [0.717, 1.165) is 34.0 Å². The summed E-state index contributed by atoms with van der Waals surface area (Å²) in [5.41, 5.74) is 3.65. The van der Waals surface area contributed by atoms with E-state index in [0.29, 0.717) is 6.61 Å². The molecule has 0 radical (unpaired) electrons. The minimum atomic E-state index is -1.07. The number of rotatable bonds is 5. The van der Waals surface area contributed by atoms with E-state index in [4.69, 9.17) is 4.74 Å². The Morgan fingerprint density at radius 1 is 1.19 bits per heavy atom. The van der Waals surface area contributed by atoms with Crippen LogP contribution in [-0.2, 0) is 27.2 Å². The average molecular weight is 364 g/mol. The molecule has 4 rings (SSSR count). The van der Waals surface area contributed by atoms with Crippen LogP contribution in [-0.4, -0.2) is 34.6 Å². The summed E-state index contributed by atoms with van der Waals surface area (Å²) in [6.45, 7) is 0.440. The highest BCUT2D eigenvalue weighted by molar-refractivity contribution is 5.89. The van der Waals surface area contributed by atoms with Crippen molar-refractivity contribution in [1.82, 2.24) is 10.3 Å². The second-order valence-electron chi connectivity index (χ2n) is 6.66. The molecule has 27 heavy (non-hydrogen) atoms. The SMILES string of the molecule is O=C(O)C(Cc1c[nH]c2ccccc12)NC(=O)C1OCCc2ccccc21. The van der Waals surface area contributed by atoms with Gasteiger partial charge in [0.05, 0.1) is 6.61 Å². The molecule has 138 valence electrons. The first-order valence-corrected chi connectivity index (χ1v) is 8.91. The van der Waals surface area contributed by atoms with Gasteiger partial charge in [-0.25, -0.2) is 4.79 Å². The Labute approximate surface area is 156 Å². The number of carboxylic acid groups (broad SMARTS) is 1. The van der Waals surface area contributed by atoms with Crippen molar-refractivity contribution in [3.63, 3.8) is 0 Å². The number of para-hydroxylation sites is 1. The fourth-order valence-electron chi connectivity index (χ4n) is 3.58. The van der Waals surface area contributed by atoms with Crippen LogP contribution in [0.1, 0.15) is 22.8 Å². The van der Waals surface area contributed by atoms with Crippen LogP contribution < -0.4 is 5.32 Å². The molecule has 6 nitrogen and oxygen atoms in total. The second kappa shape index (κ2) is 7.25. The highest BCUT2D eigenvalue weighted by atomic mass is 16.5. The van der Waals surface area contributed by atoms with E-state index >= 15 is 0 Å². The van der Waals surface area contributed by atoms with Gasteiger partial charge >= 0.3 is 5.97 Å². The van der Waals surface area contributed by atoms with E-state index in [1.54, 1.807) is 6.20 Å². The molecule has 0 bridgehead atoms. The number of carbonyl (C=O) groups excluding carboxylic acids is 1. The van der Waals surface area contributed by atoms with Crippen molar-refractivity contribution in [3.05, 3.63) is 71.4 Å². The predicted octanol–water partition coefficient (Wildman–Crippen LogP) is 2.59. The Morgan fingerprint density at radius 2 is 1.96 bits per heavy atom. The Balaban J connectivity index is 1.54. The number of carboxylic acids is 1. The molecule has 1 aliphatic heterocycles. The minimum absolute atomic E-state index is 0.194. The molecule has 1 aromatic heterocycles. The number of aromatic amines is 1. The number of hydrogen-bond acceptors (Lipinski definition) is 3. The van der Waals surface area contributed by atoms with E-state index < -0.39 is 24.0 Å². The van der Waals surface area contributed by atoms with Crippen LogP contribution in [0.3, 0.4) is 0 Å². The number of ether oxygens (including phenoxy) is 1. The van der Waals surface area contributed by atoms with Gasteiger partial charge < -0.3 is 20.1 Å². The van der Waals surface area contributed by atoms with E-state index in [9.17, 15) is 14.7 Å². The maximum atomic E-state index is 12.8. The monoisotopic (exact) mass is 364 g/mol. The summed E-state index contributed by atoms with van der Waals surface area (Å²) in [6, 6.07) is 14.3. The molecule has 2 heterocycles. The van der Waals surface area contributed by atoms with Crippen LogP contribution in [0.4, 0.5) is 0 Å². The zero-order valence-corrected chi connectivity index (χ0v) is 14.6. The topological polar surface area (TPSA) is 91.4 Å². The highest BCUT2D eigenvalue weighted by Gasteiger charge is 2.30. The number of amides is 1. The Kier molecular flexibility index (Phi) is 4.64. The molecule has 3 N–H and O–H groups in total. The molecule has 2 aromatic carbocycles. The standard InChI is InChI=1S/C21H20N2O4/c24-20(19-16-7-2-1-5-13(16)9-10-27-19)23-18(21(25)26)11-14-12-22-17-8-4-3-6-15(14)17/h1-8,12,18-19,22H,9-11H2,(H,23,24)(H,25,26). The Bertz CT molecular complexity index is 995. The van der Waals surface area contributed by atoms with Crippen LogP contribution in [0, 0.1) is 0 Å². The average Bonchev–Trinajstić information content (AvgIpc) is 3.10. The van der Waals surface area contributed by atoms with Crippen molar-refractivity contribution in [2.45, 2.75) is 25.0 Å². The molecule has 0 aliphatic carbocycles. The van der Waals surface area contributed by atoms with E-state index in [1.807, 2.05) is 48.5 Å². The van der Waals surface area contributed by atoms with Crippen molar-refractivity contribution >= 4 is 22.8 Å². The van der Waals surface area contributed by atoms with E-state index in [2.05, 4.69) is 10.3 Å². The molecule has 6 heteroatoms. The zero-order valence-electron chi connectivity index (χ0n) is 14.6. The number of benzene rings is 2. The number of carbonyl (C=O) groups is 2. The van der Waals surface area contributed by atoms with E-state index in [-0.39, 0.29) is 6.42 Å². The first-order chi connectivity index (χ1) is 13.1. The fraction of sp³-hybridized carbons (Fsp3) is 0.238. The first kappa shape index (κ1) is 17.3. The van der Waals surface area contributed by atoms with Crippen molar-refractivity contribution in [3.8, 4) is 0 Å². The van der Waals surface area contributed by atoms with Gasteiger partial charge in [0, 0.05) is 23.5 Å². The summed E-state index contributed by atoms with van der Waals surface area (Å²) in [5.74, 6) is -1.49. The molecule has 0 saturated heterocycles. The summed E-state index contributed by atoms with van der Waals surface area (Å²) in [6.07, 6.45) is 1.95. The molecule has 1 aliphatic rings. The summed E-state index contributed by atoms with van der Waals surface area (Å²) in [7, 11) is 0. The Hall–Kier alpha value is -3.12. The van der Waals surface area contributed by atoms with Crippen LogP contribution in [0.2, 0.25) is 0 Å². The van der Waals surface area contributed by atoms with Crippen LogP contribution in [0.5, 0.6) is 0 Å². The lowest BCUT2D eigenvalue weighted by molar-refractivity contribution is -0.144. The maximum Gasteiger partial charge on any atom is 0.326 e. The lowest BCUT2D eigenvalue weighted by atomic mass is 9.96. The van der Waals surface area contributed by atoms with Crippen molar-refractivity contribution in [2.75, 3.05) is 6.61 Å². The van der Waals surface area contributed by atoms with Crippen molar-refractivity contribution in [1.29, 1.82) is 0 Å². The van der Waals surface area contributed by atoms with Crippen molar-refractivity contribution in [2.24, 2.45) is 0 Å². The Morgan fingerprint density at radius 3 is 2.81 bits per heavy atom. The molecule has 0 spiro atoms. The second-order valence-corrected chi connectivity index (χ2v) is 6.66. The lowest BCUT2D eigenvalue weighted by Gasteiger charge is -2.26. The molecular formula is C21H20N2O4.